The van der Waals surface area contributed by atoms with Gasteiger partial charge in [-0.1, -0.05) is 55.5 Å². The van der Waals surface area contributed by atoms with Crippen LogP contribution in [0.3, 0.4) is 0 Å². The Balaban J connectivity index is 2.20. The number of benzene rings is 2. The third-order valence-electron chi connectivity index (χ3n) is 4.56. The van der Waals surface area contributed by atoms with Crippen molar-refractivity contribution in [2.45, 2.75) is 46.5 Å². The maximum Gasteiger partial charge on any atom is 0.266 e. The van der Waals surface area contributed by atoms with Crippen LogP contribution < -0.4 is 14.8 Å². The molecule has 0 spiro atoms. The minimum Gasteiger partial charge on any atom is -0.490 e. The first-order valence-electron chi connectivity index (χ1n) is 10.6. The molecule has 1 N–H and O–H groups in total. The normalized spacial score (nSPS) is 11.0. The van der Waals surface area contributed by atoms with Gasteiger partial charge in [-0.15, -0.1) is 0 Å². The Bertz CT molecular complexity index is 946. The number of amides is 1. The van der Waals surface area contributed by atoms with Crippen molar-refractivity contribution in [3.63, 3.8) is 0 Å². The van der Waals surface area contributed by atoms with Crippen LogP contribution in [-0.2, 0) is 4.79 Å². The molecular formula is C25H29ClN2O3. The highest BCUT2D eigenvalue weighted by molar-refractivity contribution is 6.32. The molecule has 1 amide bonds. The number of carbonyl (C=O) groups is 1. The first-order chi connectivity index (χ1) is 15.0. The zero-order valence-corrected chi connectivity index (χ0v) is 19.1. The lowest BCUT2D eigenvalue weighted by Gasteiger charge is -2.14. The lowest BCUT2D eigenvalue weighted by Crippen LogP contribution is -2.13. The Morgan fingerprint density at radius 1 is 1.13 bits per heavy atom. The molecule has 0 aliphatic heterocycles. The summed E-state index contributed by atoms with van der Waals surface area (Å²) in [6, 6.07) is 12.7. The second-order valence-electron chi connectivity index (χ2n) is 7.16. The number of hydrogen-bond acceptors (Lipinski definition) is 4. The molecule has 0 fully saturated rings. The van der Waals surface area contributed by atoms with E-state index in [0.29, 0.717) is 41.0 Å². The summed E-state index contributed by atoms with van der Waals surface area (Å²) in [5.41, 5.74) is 2.26. The fourth-order valence-corrected chi connectivity index (χ4v) is 3.20. The molecule has 5 nitrogen and oxygen atoms in total. The van der Waals surface area contributed by atoms with Crippen LogP contribution in [0.5, 0.6) is 11.5 Å². The summed E-state index contributed by atoms with van der Waals surface area (Å²) in [6.07, 6.45) is 5.85. The number of nitrogens with zero attached hydrogens (tertiary/aromatic N) is 1. The van der Waals surface area contributed by atoms with Crippen LogP contribution in [0.4, 0.5) is 5.69 Å². The van der Waals surface area contributed by atoms with Gasteiger partial charge in [0, 0.05) is 5.69 Å². The van der Waals surface area contributed by atoms with Crippen LogP contribution in [0, 0.1) is 18.3 Å². The Morgan fingerprint density at radius 3 is 2.52 bits per heavy atom. The number of nitriles is 1. The molecule has 31 heavy (non-hydrogen) atoms. The third kappa shape index (κ3) is 7.66. The molecule has 0 bridgehead atoms. The molecule has 0 heterocycles. The van der Waals surface area contributed by atoms with Gasteiger partial charge in [0.25, 0.3) is 5.91 Å². The zero-order chi connectivity index (χ0) is 22.6. The van der Waals surface area contributed by atoms with E-state index in [2.05, 4.69) is 12.2 Å². The average molecular weight is 441 g/mol. The van der Waals surface area contributed by atoms with E-state index in [9.17, 15) is 10.1 Å². The number of halogens is 1. The van der Waals surface area contributed by atoms with Crippen molar-refractivity contribution in [2.24, 2.45) is 0 Å². The maximum absolute atomic E-state index is 12.5. The van der Waals surface area contributed by atoms with Crippen molar-refractivity contribution in [3.05, 3.63) is 58.1 Å². The van der Waals surface area contributed by atoms with Gasteiger partial charge in [0.05, 0.1) is 18.2 Å². The largest absolute Gasteiger partial charge is 0.490 e. The first kappa shape index (κ1) is 24.3. The standard InChI is InChI=1S/C25H29ClN2O3/c1-4-6-7-8-13-31-24-22(26)15-19(16-23(24)30-5-2)14-20(17-27)25(29)28-21-11-9-18(3)10-12-21/h9-12,14-16H,4-8,13H2,1-3H3,(H,28,29). The molecule has 164 valence electrons. The molecule has 2 aromatic carbocycles. The molecule has 0 aliphatic rings. The van der Waals surface area contributed by atoms with Gasteiger partial charge >= 0.3 is 0 Å². The van der Waals surface area contributed by atoms with E-state index in [0.717, 1.165) is 24.8 Å². The van der Waals surface area contributed by atoms with E-state index < -0.39 is 5.91 Å². The van der Waals surface area contributed by atoms with Crippen molar-refractivity contribution >= 4 is 29.3 Å². The van der Waals surface area contributed by atoms with Gasteiger partial charge in [-0.2, -0.15) is 5.26 Å². The first-order valence-corrected chi connectivity index (χ1v) is 10.9. The van der Waals surface area contributed by atoms with E-state index in [1.165, 1.54) is 12.5 Å². The molecule has 2 aromatic rings. The molecular weight excluding hydrogens is 412 g/mol. The van der Waals surface area contributed by atoms with Crippen molar-refractivity contribution in [1.29, 1.82) is 5.26 Å². The van der Waals surface area contributed by atoms with Crippen LogP contribution in [0.15, 0.2) is 42.0 Å². The lowest BCUT2D eigenvalue weighted by atomic mass is 10.1. The molecule has 6 heteroatoms. The third-order valence-corrected chi connectivity index (χ3v) is 4.84. The van der Waals surface area contributed by atoms with Crippen LogP contribution in [0.2, 0.25) is 5.02 Å². The number of hydrogen-bond donors (Lipinski definition) is 1. The molecule has 0 radical (unpaired) electrons. The summed E-state index contributed by atoms with van der Waals surface area (Å²) >= 11 is 6.44. The molecule has 0 aromatic heterocycles. The number of nitrogens with one attached hydrogen (secondary N) is 1. The van der Waals surface area contributed by atoms with Gasteiger partial charge in [-0.3, -0.25) is 4.79 Å². The van der Waals surface area contributed by atoms with Crippen LogP contribution in [0.25, 0.3) is 6.08 Å². The quantitative estimate of drug-likeness (QED) is 0.244. The fourth-order valence-electron chi connectivity index (χ4n) is 2.93. The number of anilines is 1. The van der Waals surface area contributed by atoms with Crippen LogP contribution >= 0.6 is 11.6 Å². The molecule has 0 aliphatic carbocycles. The molecule has 0 saturated carbocycles. The Kier molecular flexibility index (Phi) is 9.93. The van der Waals surface area contributed by atoms with Crippen molar-refractivity contribution in [2.75, 3.05) is 18.5 Å². The summed E-state index contributed by atoms with van der Waals surface area (Å²) in [4.78, 5) is 12.5. The minimum absolute atomic E-state index is 0.0349. The fraction of sp³-hybridized carbons (Fsp3) is 0.360. The Morgan fingerprint density at radius 2 is 1.87 bits per heavy atom. The highest BCUT2D eigenvalue weighted by Gasteiger charge is 2.15. The minimum atomic E-state index is -0.489. The van der Waals surface area contributed by atoms with Gasteiger partial charge in [-0.25, -0.2) is 0 Å². The second-order valence-corrected chi connectivity index (χ2v) is 7.57. The van der Waals surface area contributed by atoms with E-state index in [4.69, 9.17) is 21.1 Å². The van der Waals surface area contributed by atoms with Crippen molar-refractivity contribution < 1.29 is 14.3 Å². The predicted molar refractivity (Wildman–Crippen MR) is 126 cm³/mol. The molecule has 2 rings (SSSR count). The van der Waals surface area contributed by atoms with Crippen LogP contribution in [0.1, 0.15) is 50.7 Å². The van der Waals surface area contributed by atoms with Gasteiger partial charge < -0.3 is 14.8 Å². The summed E-state index contributed by atoms with van der Waals surface area (Å²) < 4.78 is 11.6. The van der Waals surface area contributed by atoms with Gasteiger partial charge in [0.1, 0.15) is 11.6 Å². The van der Waals surface area contributed by atoms with Crippen molar-refractivity contribution in [1.82, 2.24) is 0 Å². The van der Waals surface area contributed by atoms with Crippen molar-refractivity contribution in [3.8, 4) is 17.6 Å². The number of unbranched alkanes of at least 4 members (excludes halogenated alkanes) is 3. The van der Waals surface area contributed by atoms with Gasteiger partial charge in [0.15, 0.2) is 11.5 Å². The number of carbonyl (C=O) groups excluding carboxylic acids is 1. The summed E-state index contributed by atoms with van der Waals surface area (Å²) in [5.74, 6) is 0.490. The lowest BCUT2D eigenvalue weighted by molar-refractivity contribution is -0.112. The average Bonchev–Trinajstić information content (AvgIpc) is 2.75. The number of ether oxygens (including phenoxy) is 2. The smallest absolute Gasteiger partial charge is 0.266 e. The van der Waals surface area contributed by atoms with E-state index >= 15 is 0 Å². The number of aryl methyl sites for hydroxylation is 1. The second kappa shape index (κ2) is 12.7. The summed E-state index contributed by atoms with van der Waals surface area (Å²) in [7, 11) is 0. The van der Waals surface area contributed by atoms with Crippen LogP contribution in [-0.4, -0.2) is 19.1 Å². The van der Waals surface area contributed by atoms with Gasteiger partial charge in [-0.05, 0) is 56.2 Å². The molecule has 0 unspecified atom stereocenters. The monoisotopic (exact) mass is 440 g/mol. The van der Waals surface area contributed by atoms with E-state index in [1.807, 2.05) is 32.0 Å². The number of rotatable bonds is 11. The zero-order valence-electron chi connectivity index (χ0n) is 18.3. The molecule has 0 saturated heterocycles. The highest BCUT2D eigenvalue weighted by atomic mass is 35.5. The van der Waals surface area contributed by atoms with E-state index in [1.54, 1.807) is 24.3 Å². The molecule has 0 atom stereocenters. The highest BCUT2D eigenvalue weighted by Crippen LogP contribution is 2.37. The summed E-state index contributed by atoms with van der Waals surface area (Å²) in [6.45, 7) is 6.99. The topological polar surface area (TPSA) is 71.3 Å². The Labute approximate surface area is 189 Å². The predicted octanol–water partition coefficient (Wildman–Crippen LogP) is 6.55. The summed E-state index contributed by atoms with van der Waals surface area (Å²) in [5, 5.41) is 12.6. The maximum atomic E-state index is 12.5. The van der Waals surface area contributed by atoms with Gasteiger partial charge in [0.2, 0.25) is 0 Å². The van der Waals surface area contributed by atoms with E-state index in [-0.39, 0.29) is 5.57 Å². The Hall–Kier alpha value is -2.97. The SMILES string of the molecule is CCCCCCOc1c(Cl)cc(C=C(C#N)C(=O)Nc2ccc(C)cc2)cc1OCC.